The minimum absolute atomic E-state index is 0.265. The summed E-state index contributed by atoms with van der Waals surface area (Å²) in [5.74, 6) is -1.59. The molecule has 0 fully saturated rings. The van der Waals surface area contributed by atoms with Crippen molar-refractivity contribution in [3.8, 4) is 0 Å². The van der Waals surface area contributed by atoms with E-state index in [0.29, 0.717) is 9.36 Å². The fourth-order valence-electron chi connectivity index (χ4n) is 0.762. The number of rotatable bonds is 2. The molecule has 2 heterocycles. The van der Waals surface area contributed by atoms with Gasteiger partial charge in [-0.1, -0.05) is 0 Å². The zero-order valence-electron chi connectivity index (χ0n) is 17.1. The van der Waals surface area contributed by atoms with Crippen molar-refractivity contribution < 1.29 is 25.6 Å². The van der Waals surface area contributed by atoms with Gasteiger partial charge in [-0.25, -0.2) is 14.8 Å². The maximum atomic E-state index is 10.8. The van der Waals surface area contributed by atoms with Crippen molar-refractivity contribution in [2.45, 2.75) is 6.56 Å². The van der Waals surface area contributed by atoms with Gasteiger partial charge in [-0.3, -0.25) is 9.36 Å². The number of aromatic nitrogens is 6. The molecule has 0 saturated heterocycles. The quantitative estimate of drug-likeness (QED) is 0.685. The Balaban J connectivity index is 0.000000260. The Morgan fingerprint density at radius 1 is 1.44 bits per heavy atom. The van der Waals surface area contributed by atoms with Gasteiger partial charge in [0.15, 0.2) is 5.82 Å². The zero-order valence-corrected chi connectivity index (χ0v) is 9.10. The van der Waals surface area contributed by atoms with Gasteiger partial charge >= 0.3 is 5.97 Å². The van der Waals surface area contributed by atoms with Crippen LogP contribution in [0, 0.1) is 0 Å². The van der Waals surface area contributed by atoms with E-state index < -0.39 is 32.3 Å². The van der Waals surface area contributed by atoms with Crippen molar-refractivity contribution in [2.24, 2.45) is 14.0 Å². The lowest BCUT2D eigenvalue weighted by Crippen LogP contribution is -2.04. The van der Waals surface area contributed by atoms with E-state index in [1.54, 1.807) is 0 Å². The van der Waals surface area contributed by atoms with Crippen LogP contribution in [0.5, 0.6) is 0 Å². The first-order valence-corrected chi connectivity index (χ1v) is 4.31. The molecule has 0 unspecified atom stereocenters. The Labute approximate surface area is 114 Å². The third-order valence-corrected chi connectivity index (χ3v) is 1.45. The molecular formula is C9H14N6O3. The van der Waals surface area contributed by atoms with Crippen molar-refractivity contribution >= 4 is 5.97 Å². The van der Waals surface area contributed by atoms with Gasteiger partial charge in [-0.05, 0) is 0 Å². The van der Waals surface area contributed by atoms with E-state index in [1.165, 1.54) is 7.11 Å². The fraction of sp³-hybridized carbons (Fsp3) is 0.444. The highest BCUT2D eigenvalue weighted by atomic mass is 16.5. The minimum atomic E-state index is -2.71. The molecule has 0 aliphatic carbocycles. The predicted octanol–water partition coefficient (Wildman–Crippen LogP) is -1.09. The van der Waals surface area contributed by atoms with Crippen molar-refractivity contribution in [3.63, 3.8) is 0 Å². The van der Waals surface area contributed by atoms with Crippen LogP contribution in [0.25, 0.3) is 0 Å². The van der Waals surface area contributed by atoms with Crippen LogP contribution < -0.4 is 0 Å². The topological polar surface area (TPSA) is 108 Å². The molecule has 2 aromatic heterocycles. The third-order valence-electron chi connectivity index (χ3n) is 1.45. The lowest BCUT2D eigenvalue weighted by atomic mass is 10.6. The summed E-state index contributed by atoms with van der Waals surface area (Å²) in [5.41, 5.74) is 0. The Morgan fingerprint density at radius 3 is 2.56 bits per heavy atom. The molecule has 0 aliphatic heterocycles. The molecule has 98 valence electrons. The van der Waals surface area contributed by atoms with E-state index in [4.69, 9.17) is 16.1 Å². The Kier molecular flexibility index (Phi) is 2.17. The number of hydrogen-bond donors (Lipinski definition) is 1. The van der Waals surface area contributed by atoms with Crippen LogP contribution in [0.4, 0.5) is 0 Å². The van der Waals surface area contributed by atoms with Gasteiger partial charge in [0, 0.05) is 22.2 Å². The van der Waals surface area contributed by atoms with Crippen LogP contribution in [0.2, 0.25) is 0 Å². The summed E-state index contributed by atoms with van der Waals surface area (Å²) >= 11 is 0. The highest BCUT2D eigenvalue weighted by Crippen LogP contribution is 1.89. The average molecular weight is 262 g/mol. The number of ether oxygens (including phenoxy) is 1. The number of carbonyl (C=O) groups excluding carboxylic acids is 1. The summed E-state index contributed by atoms with van der Waals surface area (Å²) in [6.45, 7) is -7.63. The molecule has 18 heavy (non-hydrogen) atoms. The summed E-state index contributed by atoms with van der Waals surface area (Å²) in [6, 6.07) is 0. The molecule has 2 aromatic rings. The maximum Gasteiger partial charge on any atom is 0.377 e. The second-order valence-electron chi connectivity index (χ2n) is 2.63. The first-order chi connectivity index (χ1) is 11.7. The number of nitrogens with zero attached hydrogens (tertiary/aromatic N) is 6. The number of aryl methyl sites for hydroxylation is 2. The summed E-state index contributed by atoms with van der Waals surface area (Å²) in [7, 11) is 1.17. The lowest BCUT2D eigenvalue weighted by Gasteiger charge is -1.88. The van der Waals surface area contributed by atoms with Gasteiger partial charge < -0.3 is 9.84 Å². The Morgan fingerprint density at radius 2 is 2.11 bits per heavy atom. The Hall–Kier alpha value is -2.29. The summed E-state index contributed by atoms with van der Waals surface area (Å²) in [5, 5.41) is 15.5. The lowest BCUT2D eigenvalue weighted by molar-refractivity contribution is 0.0586. The molecular weight excluding hydrogens is 240 g/mol. The van der Waals surface area contributed by atoms with Crippen LogP contribution in [-0.4, -0.2) is 47.7 Å². The monoisotopic (exact) mass is 262 g/mol. The smallest absolute Gasteiger partial charge is 0.377 e. The first-order valence-electron chi connectivity index (χ1n) is 8.31. The van der Waals surface area contributed by atoms with Gasteiger partial charge in [0.05, 0.1) is 9.85 Å². The standard InChI is InChI=1S/C5H7N3O2.C4H7N3O/c1-8-3-6-4(7-8)5(9)10-2;1-7-3-5-4(2-8)6-7/h3H,1-2H3;3,8H,2H2,1H3/i1D3;1D3,2D2. The van der Waals surface area contributed by atoms with E-state index >= 15 is 0 Å². The molecule has 0 atom stereocenters. The summed E-state index contributed by atoms with van der Waals surface area (Å²) in [6.07, 6.45) is 1.80. The number of carbonyl (C=O) groups is 1. The largest absolute Gasteiger partial charge is 0.463 e. The van der Waals surface area contributed by atoms with Gasteiger partial charge in [0.25, 0.3) is 5.82 Å². The van der Waals surface area contributed by atoms with Crippen LogP contribution >= 0.6 is 0 Å². The molecule has 0 radical (unpaired) electrons. The Bertz CT molecular complexity index is 717. The van der Waals surface area contributed by atoms with E-state index in [-0.39, 0.29) is 5.82 Å². The predicted molar refractivity (Wildman–Crippen MR) is 59.3 cm³/mol. The summed E-state index contributed by atoms with van der Waals surface area (Å²) < 4.78 is 60.4. The SMILES string of the molecule is [2H]C([2H])(O)c1ncn(C([2H])([2H])[2H])n1.[2H]C([2H])([2H])n1cnc(C(=O)OC)n1. The molecule has 0 amide bonds. The molecule has 0 bridgehead atoms. The zero-order chi connectivity index (χ0) is 20.3. The van der Waals surface area contributed by atoms with E-state index in [9.17, 15) is 4.79 Å². The van der Waals surface area contributed by atoms with Crippen LogP contribution in [0.3, 0.4) is 0 Å². The second-order valence-corrected chi connectivity index (χ2v) is 2.63. The normalized spacial score (nSPS) is 18.3. The molecule has 2 rings (SSSR count). The van der Waals surface area contributed by atoms with Crippen molar-refractivity contribution in [3.05, 3.63) is 24.3 Å². The van der Waals surface area contributed by atoms with Gasteiger partial charge in [0.2, 0.25) is 0 Å². The highest BCUT2D eigenvalue weighted by Gasteiger charge is 2.08. The number of aliphatic hydroxyl groups is 1. The van der Waals surface area contributed by atoms with E-state index in [0.717, 1.165) is 12.7 Å². The third kappa shape index (κ3) is 3.94. The average Bonchev–Trinajstić information content (AvgIpc) is 3.14. The molecule has 9 heteroatoms. The molecule has 0 saturated carbocycles. The van der Waals surface area contributed by atoms with Crippen LogP contribution in [-0.2, 0) is 25.2 Å². The highest BCUT2D eigenvalue weighted by molar-refractivity contribution is 5.84. The van der Waals surface area contributed by atoms with E-state index in [2.05, 4.69) is 24.9 Å². The molecule has 0 spiro atoms. The summed E-state index contributed by atoms with van der Waals surface area (Å²) in [4.78, 5) is 17.6. The second kappa shape index (κ2) is 6.45. The van der Waals surface area contributed by atoms with Crippen molar-refractivity contribution in [2.75, 3.05) is 7.11 Å². The van der Waals surface area contributed by atoms with Gasteiger partial charge in [0.1, 0.15) is 19.2 Å². The van der Waals surface area contributed by atoms with Crippen LogP contribution in [0.15, 0.2) is 12.7 Å². The van der Waals surface area contributed by atoms with E-state index in [1.807, 2.05) is 0 Å². The molecule has 0 aromatic carbocycles. The first kappa shape index (κ1) is 6.05. The number of methoxy groups -OCH3 is 1. The van der Waals surface area contributed by atoms with Gasteiger partial charge in [-0.2, -0.15) is 5.10 Å². The molecule has 1 N–H and O–H groups in total. The van der Waals surface area contributed by atoms with Gasteiger partial charge in [-0.15, -0.1) is 5.10 Å². The van der Waals surface area contributed by atoms with Crippen molar-refractivity contribution in [1.29, 1.82) is 0 Å². The number of esters is 1. The molecule has 0 aliphatic rings. The number of hydrogen-bond acceptors (Lipinski definition) is 7. The van der Waals surface area contributed by atoms with Crippen LogP contribution in [0.1, 0.15) is 27.4 Å². The minimum Gasteiger partial charge on any atom is -0.463 e. The fourth-order valence-corrected chi connectivity index (χ4v) is 0.762. The van der Waals surface area contributed by atoms with Crippen molar-refractivity contribution in [1.82, 2.24) is 29.5 Å². The molecule has 9 nitrogen and oxygen atoms in total. The maximum absolute atomic E-state index is 10.8.